The predicted octanol–water partition coefficient (Wildman–Crippen LogP) is 0.669. The summed E-state index contributed by atoms with van der Waals surface area (Å²) in [5.74, 6) is 0.0660. The van der Waals surface area contributed by atoms with Gasteiger partial charge < -0.3 is 9.64 Å². The minimum Gasteiger partial charge on any atom is -0.378 e. The molecule has 0 aliphatic carbocycles. The van der Waals surface area contributed by atoms with Crippen molar-refractivity contribution >= 4 is 28.5 Å². The number of rotatable bonds is 3. The molecular formula is C19H18ClN5O4. The quantitative estimate of drug-likeness (QED) is 0.623. The molecule has 1 fully saturated rings. The Morgan fingerprint density at radius 2 is 1.86 bits per heavy atom. The lowest BCUT2D eigenvalue weighted by molar-refractivity contribution is -0.136. The fourth-order valence-electron chi connectivity index (χ4n) is 3.21. The van der Waals surface area contributed by atoms with Crippen LogP contribution in [0.4, 0.5) is 0 Å². The van der Waals surface area contributed by atoms with Gasteiger partial charge in [0.1, 0.15) is 11.9 Å². The fourth-order valence-corrected chi connectivity index (χ4v) is 3.33. The molecule has 150 valence electrons. The van der Waals surface area contributed by atoms with Crippen LogP contribution in [0.2, 0.25) is 5.02 Å². The van der Waals surface area contributed by atoms with E-state index in [1.54, 1.807) is 29.2 Å². The summed E-state index contributed by atoms with van der Waals surface area (Å²) in [6, 6.07) is 6.92. The van der Waals surface area contributed by atoms with E-state index in [1.807, 2.05) is 0 Å². The van der Waals surface area contributed by atoms with Crippen LogP contribution in [0.5, 0.6) is 0 Å². The van der Waals surface area contributed by atoms with Gasteiger partial charge in [0.05, 0.1) is 13.2 Å². The van der Waals surface area contributed by atoms with Gasteiger partial charge in [0.2, 0.25) is 5.91 Å². The van der Waals surface area contributed by atoms with Crippen molar-refractivity contribution in [1.82, 2.24) is 24.0 Å². The highest BCUT2D eigenvalue weighted by atomic mass is 35.5. The average Bonchev–Trinajstić information content (AvgIpc) is 2.76. The molecule has 0 unspecified atom stereocenters. The van der Waals surface area contributed by atoms with Crippen LogP contribution < -0.4 is 11.2 Å². The van der Waals surface area contributed by atoms with E-state index >= 15 is 0 Å². The van der Waals surface area contributed by atoms with Gasteiger partial charge in [-0.05, 0) is 24.3 Å². The van der Waals surface area contributed by atoms with Crippen LogP contribution >= 0.6 is 11.6 Å². The highest BCUT2D eigenvalue weighted by Gasteiger charge is 2.21. The second kappa shape index (κ2) is 7.76. The molecule has 9 nitrogen and oxygen atoms in total. The fraction of sp³-hybridized carbons (Fsp3) is 0.316. The molecule has 1 aromatic carbocycles. The molecule has 1 amide bonds. The Labute approximate surface area is 170 Å². The first-order chi connectivity index (χ1) is 14.0. The van der Waals surface area contributed by atoms with Crippen LogP contribution in [-0.4, -0.2) is 56.2 Å². The molecule has 3 heterocycles. The van der Waals surface area contributed by atoms with E-state index in [0.717, 1.165) is 4.57 Å². The van der Waals surface area contributed by atoms with E-state index in [-0.39, 0.29) is 23.5 Å². The van der Waals surface area contributed by atoms with Crippen LogP contribution in [0.25, 0.3) is 22.4 Å². The SMILES string of the molecule is Cn1c(=O)n(CC(=O)N2CCOCC2)c(=O)c2cnc(-c3ccc(Cl)cc3)nc21. The van der Waals surface area contributed by atoms with Gasteiger partial charge in [0.15, 0.2) is 11.5 Å². The minimum absolute atomic E-state index is 0.166. The molecule has 0 spiro atoms. The second-order valence-corrected chi connectivity index (χ2v) is 7.10. The van der Waals surface area contributed by atoms with Gasteiger partial charge in [-0.15, -0.1) is 0 Å². The van der Waals surface area contributed by atoms with E-state index in [1.165, 1.54) is 17.8 Å². The Hall–Kier alpha value is -3.04. The largest absolute Gasteiger partial charge is 0.378 e. The standard InChI is InChI=1S/C19H18ClN5O4/c1-23-17-14(10-21-16(22-17)12-2-4-13(20)5-3-12)18(27)25(19(23)28)11-15(26)24-6-8-29-9-7-24/h2-5,10H,6-9,11H2,1H3. The number of aryl methyl sites for hydroxylation is 1. The molecule has 2 aromatic heterocycles. The molecule has 4 rings (SSSR count). The number of nitrogens with zero attached hydrogens (tertiary/aromatic N) is 5. The van der Waals surface area contributed by atoms with Crippen molar-refractivity contribution in [3.8, 4) is 11.4 Å². The van der Waals surface area contributed by atoms with Crippen LogP contribution in [0.15, 0.2) is 40.1 Å². The van der Waals surface area contributed by atoms with Crippen molar-refractivity contribution < 1.29 is 9.53 Å². The number of hydrogen-bond acceptors (Lipinski definition) is 6. The zero-order valence-corrected chi connectivity index (χ0v) is 16.4. The first kappa shape index (κ1) is 19.3. The Bertz CT molecular complexity index is 1200. The van der Waals surface area contributed by atoms with Gasteiger partial charge in [-0.2, -0.15) is 0 Å². The maximum Gasteiger partial charge on any atom is 0.332 e. The Morgan fingerprint density at radius 1 is 1.17 bits per heavy atom. The van der Waals surface area contributed by atoms with E-state index in [9.17, 15) is 14.4 Å². The van der Waals surface area contributed by atoms with Gasteiger partial charge in [-0.3, -0.25) is 18.7 Å². The first-order valence-electron chi connectivity index (χ1n) is 9.04. The van der Waals surface area contributed by atoms with Gasteiger partial charge >= 0.3 is 5.69 Å². The summed E-state index contributed by atoms with van der Waals surface area (Å²) in [4.78, 5) is 48.4. The average molecular weight is 416 g/mol. The molecule has 1 saturated heterocycles. The Morgan fingerprint density at radius 3 is 2.55 bits per heavy atom. The van der Waals surface area contributed by atoms with Gasteiger partial charge in [-0.1, -0.05) is 11.6 Å². The maximum absolute atomic E-state index is 12.9. The minimum atomic E-state index is -0.607. The lowest BCUT2D eigenvalue weighted by Crippen LogP contribution is -2.47. The van der Waals surface area contributed by atoms with Crippen molar-refractivity contribution in [2.75, 3.05) is 26.3 Å². The van der Waals surface area contributed by atoms with Gasteiger partial charge in [-0.25, -0.2) is 14.8 Å². The van der Waals surface area contributed by atoms with Crippen molar-refractivity contribution in [2.45, 2.75) is 6.54 Å². The lowest BCUT2D eigenvalue weighted by atomic mass is 10.2. The predicted molar refractivity (Wildman–Crippen MR) is 107 cm³/mol. The Balaban J connectivity index is 1.75. The van der Waals surface area contributed by atoms with Gasteiger partial charge in [0.25, 0.3) is 5.56 Å². The summed E-state index contributed by atoms with van der Waals surface area (Å²) in [6.45, 7) is 1.43. The first-order valence-corrected chi connectivity index (χ1v) is 9.41. The van der Waals surface area contributed by atoms with Crippen LogP contribution in [0, 0.1) is 0 Å². The number of amides is 1. The second-order valence-electron chi connectivity index (χ2n) is 6.66. The Kier molecular flexibility index (Phi) is 5.16. The van der Waals surface area contributed by atoms with Crippen LogP contribution in [0.3, 0.4) is 0 Å². The van der Waals surface area contributed by atoms with Crippen molar-refractivity contribution in [1.29, 1.82) is 0 Å². The number of carbonyl (C=O) groups excluding carboxylic acids is 1. The molecule has 29 heavy (non-hydrogen) atoms. The summed E-state index contributed by atoms with van der Waals surface area (Å²) in [5.41, 5.74) is -0.289. The van der Waals surface area contributed by atoms with E-state index < -0.39 is 11.2 Å². The number of morpholine rings is 1. The highest BCUT2D eigenvalue weighted by molar-refractivity contribution is 6.30. The number of carbonyl (C=O) groups is 1. The number of halogens is 1. The number of ether oxygens (including phenoxy) is 1. The molecular weight excluding hydrogens is 398 g/mol. The van der Waals surface area contributed by atoms with E-state index in [0.29, 0.717) is 42.7 Å². The van der Waals surface area contributed by atoms with E-state index in [2.05, 4.69) is 9.97 Å². The summed E-state index contributed by atoms with van der Waals surface area (Å²) < 4.78 is 7.40. The van der Waals surface area contributed by atoms with Crippen molar-refractivity contribution in [2.24, 2.45) is 7.05 Å². The third-order valence-electron chi connectivity index (χ3n) is 4.84. The maximum atomic E-state index is 12.9. The normalized spacial score (nSPS) is 14.3. The molecule has 10 heteroatoms. The molecule has 0 atom stereocenters. The number of benzene rings is 1. The van der Waals surface area contributed by atoms with Crippen molar-refractivity contribution in [3.05, 3.63) is 56.3 Å². The number of hydrogen-bond donors (Lipinski definition) is 0. The van der Waals surface area contributed by atoms with E-state index in [4.69, 9.17) is 16.3 Å². The van der Waals surface area contributed by atoms with Gasteiger partial charge in [0, 0.05) is 36.9 Å². The molecule has 3 aromatic rings. The van der Waals surface area contributed by atoms with Crippen LogP contribution in [0.1, 0.15) is 0 Å². The third kappa shape index (κ3) is 3.66. The molecule has 0 N–H and O–H groups in total. The summed E-state index contributed by atoms with van der Waals surface area (Å²) >= 11 is 5.91. The molecule has 0 saturated carbocycles. The zero-order valence-electron chi connectivity index (χ0n) is 15.7. The lowest BCUT2D eigenvalue weighted by Gasteiger charge is -2.27. The molecule has 0 bridgehead atoms. The smallest absolute Gasteiger partial charge is 0.332 e. The van der Waals surface area contributed by atoms with Crippen molar-refractivity contribution in [3.63, 3.8) is 0 Å². The monoisotopic (exact) mass is 415 g/mol. The summed E-state index contributed by atoms with van der Waals surface area (Å²) in [7, 11) is 1.51. The molecule has 0 radical (unpaired) electrons. The molecule has 1 aliphatic heterocycles. The van der Waals surface area contributed by atoms with Crippen LogP contribution in [-0.2, 0) is 23.1 Å². The summed E-state index contributed by atoms with van der Waals surface area (Å²) in [5, 5.41) is 0.745. The number of fused-ring (bicyclic) bond motifs is 1. The third-order valence-corrected chi connectivity index (χ3v) is 5.09. The number of aromatic nitrogens is 4. The summed E-state index contributed by atoms with van der Waals surface area (Å²) in [6.07, 6.45) is 1.38. The topological polar surface area (TPSA) is 99.3 Å². The highest BCUT2D eigenvalue weighted by Crippen LogP contribution is 2.19. The molecule has 1 aliphatic rings. The zero-order chi connectivity index (χ0) is 20.5.